The van der Waals surface area contributed by atoms with E-state index in [-0.39, 0.29) is 0 Å². The summed E-state index contributed by atoms with van der Waals surface area (Å²) in [5.74, 6) is 1.90. The van der Waals surface area contributed by atoms with E-state index in [0.29, 0.717) is 0 Å². The van der Waals surface area contributed by atoms with Crippen LogP contribution in [0.3, 0.4) is 0 Å². The molecule has 1 aromatic carbocycles. The van der Waals surface area contributed by atoms with Gasteiger partial charge in [-0.15, -0.1) is 0 Å². The van der Waals surface area contributed by atoms with Crippen molar-refractivity contribution in [3.05, 3.63) is 65.9 Å². The molecule has 0 amide bonds. The Labute approximate surface area is 146 Å². The van der Waals surface area contributed by atoms with Crippen LogP contribution in [0.2, 0.25) is 0 Å². The summed E-state index contributed by atoms with van der Waals surface area (Å²) in [6.07, 6.45) is 4.43. The Hall–Kier alpha value is -3.15. The van der Waals surface area contributed by atoms with Crippen molar-refractivity contribution in [3.63, 3.8) is 0 Å². The van der Waals surface area contributed by atoms with Crippen LogP contribution in [0.1, 0.15) is 17.1 Å². The number of hydrogen-bond acceptors (Lipinski definition) is 4. The lowest BCUT2D eigenvalue weighted by Gasteiger charge is -2.10. The number of benzene rings is 1. The van der Waals surface area contributed by atoms with Gasteiger partial charge in [0.1, 0.15) is 11.6 Å². The first kappa shape index (κ1) is 15.4. The first-order valence-corrected chi connectivity index (χ1v) is 8.37. The number of aromatic nitrogens is 5. The van der Waals surface area contributed by atoms with Gasteiger partial charge in [-0.1, -0.05) is 30.3 Å². The summed E-state index contributed by atoms with van der Waals surface area (Å²) < 4.78 is 1.89. The molecule has 3 aromatic heterocycles. The lowest BCUT2D eigenvalue weighted by atomic mass is 10.1. The number of nitrogens with one attached hydrogen (secondary N) is 2. The Morgan fingerprint density at radius 3 is 2.76 bits per heavy atom. The summed E-state index contributed by atoms with van der Waals surface area (Å²) in [4.78, 5) is 12.2. The molecule has 2 N–H and O–H groups in total. The maximum atomic E-state index is 4.83. The summed E-state index contributed by atoms with van der Waals surface area (Å²) in [5.41, 5.74) is 5.02. The van der Waals surface area contributed by atoms with Gasteiger partial charge in [-0.2, -0.15) is 9.61 Å². The van der Waals surface area contributed by atoms with Crippen LogP contribution >= 0.6 is 0 Å². The lowest BCUT2D eigenvalue weighted by molar-refractivity contribution is 0.879. The predicted molar refractivity (Wildman–Crippen MR) is 98.7 cm³/mol. The van der Waals surface area contributed by atoms with E-state index >= 15 is 0 Å². The van der Waals surface area contributed by atoms with Crippen molar-refractivity contribution in [1.82, 2.24) is 24.6 Å². The molecule has 0 fully saturated rings. The Morgan fingerprint density at radius 2 is 2.00 bits per heavy atom. The fraction of sp³-hybridized carbons (Fsp3) is 0.211. The van der Waals surface area contributed by atoms with Crippen molar-refractivity contribution in [2.24, 2.45) is 0 Å². The largest absolute Gasteiger partial charge is 0.369 e. The number of aryl methyl sites for hydroxylation is 2. The van der Waals surface area contributed by atoms with E-state index in [9.17, 15) is 0 Å². The molecule has 25 heavy (non-hydrogen) atoms. The van der Waals surface area contributed by atoms with Crippen LogP contribution in [0, 0.1) is 13.8 Å². The van der Waals surface area contributed by atoms with Gasteiger partial charge in [-0.3, -0.25) is 0 Å². The number of aromatic amines is 1. The maximum absolute atomic E-state index is 4.83. The van der Waals surface area contributed by atoms with E-state index in [1.807, 2.05) is 35.8 Å². The maximum Gasteiger partial charge on any atom is 0.161 e. The molecule has 0 aliphatic heterocycles. The Bertz CT molecular complexity index is 986. The Kier molecular flexibility index (Phi) is 3.93. The van der Waals surface area contributed by atoms with E-state index in [2.05, 4.69) is 45.5 Å². The summed E-state index contributed by atoms with van der Waals surface area (Å²) in [5, 5.41) is 8.11. The molecular weight excluding hydrogens is 312 g/mol. The molecule has 0 saturated carbocycles. The fourth-order valence-electron chi connectivity index (χ4n) is 2.86. The Balaban J connectivity index is 1.71. The minimum absolute atomic E-state index is 0.763. The number of nitrogens with zero attached hydrogens (tertiary/aromatic N) is 4. The van der Waals surface area contributed by atoms with Gasteiger partial charge in [-0.25, -0.2) is 9.97 Å². The van der Waals surface area contributed by atoms with Crippen molar-refractivity contribution >= 4 is 11.5 Å². The van der Waals surface area contributed by atoms with Crippen molar-refractivity contribution in [2.75, 3.05) is 11.9 Å². The first-order chi connectivity index (χ1) is 12.2. The van der Waals surface area contributed by atoms with Crippen molar-refractivity contribution in [3.8, 4) is 11.3 Å². The number of hydrogen-bond donors (Lipinski definition) is 2. The van der Waals surface area contributed by atoms with Crippen LogP contribution in [-0.2, 0) is 6.42 Å². The third kappa shape index (κ3) is 2.98. The zero-order valence-corrected chi connectivity index (χ0v) is 14.3. The average Bonchev–Trinajstić information content (AvgIpc) is 3.25. The summed E-state index contributed by atoms with van der Waals surface area (Å²) in [6, 6.07) is 12.3. The molecule has 3 heterocycles. The van der Waals surface area contributed by atoms with Crippen LogP contribution in [0.25, 0.3) is 16.9 Å². The molecule has 0 aliphatic carbocycles. The van der Waals surface area contributed by atoms with E-state index in [1.165, 1.54) is 0 Å². The number of anilines is 1. The van der Waals surface area contributed by atoms with Crippen LogP contribution in [-0.4, -0.2) is 31.1 Å². The van der Waals surface area contributed by atoms with E-state index in [4.69, 9.17) is 4.98 Å². The molecule has 0 spiro atoms. The summed E-state index contributed by atoms with van der Waals surface area (Å²) >= 11 is 0. The third-order valence-corrected chi connectivity index (χ3v) is 4.35. The normalized spacial score (nSPS) is 11.1. The van der Waals surface area contributed by atoms with Gasteiger partial charge in [0.05, 0.1) is 11.4 Å². The molecule has 4 aromatic rings. The molecule has 0 unspecified atom stereocenters. The predicted octanol–water partition coefficient (Wildman–Crippen LogP) is 3.39. The highest BCUT2D eigenvalue weighted by molar-refractivity contribution is 5.68. The van der Waals surface area contributed by atoms with Gasteiger partial charge in [-0.05, 0) is 13.8 Å². The Morgan fingerprint density at radius 1 is 1.16 bits per heavy atom. The topological polar surface area (TPSA) is 70.9 Å². The minimum Gasteiger partial charge on any atom is -0.369 e. The average molecular weight is 332 g/mol. The first-order valence-electron chi connectivity index (χ1n) is 8.37. The molecule has 6 nitrogen and oxygen atoms in total. The summed E-state index contributed by atoms with van der Waals surface area (Å²) in [6.45, 7) is 4.84. The smallest absolute Gasteiger partial charge is 0.161 e. The highest BCUT2D eigenvalue weighted by atomic mass is 15.3. The zero-order valence-electron chi connectivity index (χ0n) is 14.3. The monoisotopic (exact) mass is 332 g/mol. The highest BCUT2D eigenvalue weighted by Gasteiger charge is 2.13. The number of rotatable bonds is 5. The fourth-order valence-corrected chi connectivity index (χ4v) is 2.86. The molecule has 0 radical (unpaired) electrons. The second-order valence-electron chi connectivity index (χ2n) is 6.05. The SMILES string of the molecule is Cc1nn2c(NCCc3ncc[nH]3)cc(-c3ccccc3)nc2c1C. The van der Waals surface area contributed by atoms with E-state index in [1.54, 1.807) is 6.20 Å². The number of H-pyrrole nitrogens is 1. The molecule has 126 valence electrons. The van der Waals surface area contributed by atoms with Crippen molar-refractivity contribution in [2.45, 2.75) is 20.3 Å². The van der Waals surface area contributed by atoms with Crippen LogP contribution in [0.15, 0.2) is 48.8 Å². The van der Waals surface area contributed by atoms with Crippen molar-refractivity contribution in [1.29, 1.82) is 0 Å². The van der Waals surface area contributed by atoms with Crippen LogP contribution in [0.5, 0.6) is 0 Å². The van der Waals surface area contributed by atoms with Crippen molar-refractivity contribution < 1.29 is 0 Å². The van der Waals surface area contributed by atoms with Gasteiger partial charge in [0.15, 0.2) is 5.65 Å². The van der Waals surface area contributed by atoms with Gasteiger partial charge in [0, 0.05) is 42.6 Å². The van der Waals surface area contributed by atoms with E-state index < -0.39 is 0 Å². The summed E-state index contributed by atoms with van der Waals surface area (Å²) in [7, 11) is 0. The minimum atomic E-state index is 0.763. The quantitative estimate of drug-likeness (QED) is 0.588. The van der Waals surface area contributed by atoms with Gasteiger partial charge >= 0.3 is 0 Å². The standard InChI is InChI=1S/C19H20N6/c1-13-14(2)24-25-18(22-9-8-17-20-10-11-21-17)12-16(23-19(13)25)15-6-4-3-5-7-15/h3-7,10-12,22H,8-9H2,1-2H3,(H,20,21). The number of imidazole rings is 1. The molecule has 0 aliphatic rings. The van der Waals surface area contributed by atoms with Crippen LogP contribution in [0.4, 0.5) is 5.82 Å². The second-order valence-corrected chi connectivity index (χ2v) is 6.05. The molecule has 0 saturated heterocycles. The molecular formula is C19H20N6. The van der Waals surface area contributed by atoms with Gasteiger partial charge < -0.3 is 10.3 Å². The molecule has 6 heteroatoms. The van der Waals surface area contributed by atoms with E-state index in [0.717, 1.165) is 52.8 Å². The zero-order chi connectivity index (χ0) is 17.2. The van der Waals surface area contributed by atoms with Gasteiger partial charge in [0.25, 0.3) is 0 Å². The number of fused-ring (bicyclic) bond motifs is 1. The molecule has 0 bridgehead atoms. The second kappa shape index (κ2) is 6.39. The highest BCUT2D eigenvalue weighted by Crippen LogP contribution is 2.24. The lowest BCUT2D eigenvalue weighted by Crippen LogP contribution is -2.10. The van der Waals surface area contributed by atoms with Gasteiger partial charge in [0.2, 0.25) is 0 Å². The molecule has 0 atom stereocenters. The third-order valence-electron chi connectivity index (χ3n) is 4.35. The van der Waals surface area contributed by atoms with Crippen LogP contribution < -0.4 is 5.32 Å². The molecule has 4 rings (SSSR count).